The molecule has 1 aromatic rings. The molecular weight excluding hydrogens is 1160 g/mol. The van der Waals surface area contributed by atoms with Gasteiger partial charge in [-0.1, -0.05) is 105 Å². The highest BCUT2D eigenvalue weighted by Gasteiger charge is 2.59. The first kappa shape index (κ1) is 73.6. The van der Waals surface area contributed by atoms with Crippen LogP contribution in [-0.2, 0) is 44.7 Å². The van der Waals surface area contributed by atoms with E-state index in [0.29, 0.717) is 54.9 Å². The second-order valence-electron chi connectivity index (χ2n) is 28.4. The number of likely N-dealkylation sites (tertiary alicyclic amines) is 1. The number of nitrogens with zero attached hydrogens (tertiary/aromatic N) is 2. The summed E-state index contributed by atoms with van der Waals surface area (Å²) < 4.78 is 6.19. The topological polar surface area (TPSA) is 384 Å². The number of carbonyl (C=O) groups is 8. The molecule has 0 spiro atoms. The van der Waals surface area contributed by atoms with Crippen LogP contribution >= 0.6 is 0 Å². The van der Waals surface area contributed by atoms with E-state index in [9.17, 15) is 43.5 Å². The van der Waals surface area contributed by atoms with Gasteiger partial charge in [-0.3, -0.25) is 38.6 Å². The quantitative estimate of drug-likeness (QED) is 0.0180. The minimum absolute atomic E-state index is 0.0153. The average molecular weight is 1270 g/mol. The maximum Gasteiger partial charge on any atom is 0.408 e. The molecule has 0 radical (unpaired) electrons. The van der Waals surface area contributed by atoms with Crippen LogP contribution in [0.2, 0.25) is 0 Å². The summed E-state index contributed by atoms with van der Waals surface area (Å²) >= 11 is 0. The number of phenolic OH excluding ortho intramolecular Hbond substituents is 1. The fourth-order valence-corrected chi connectivity index (χ4v) is 15.9. The van der Waals surface area contributed by atoms with Gasteiger partial charge in [0.25, 0.3) is 0 Å². The molecule has 0 bridgehead atoms. The second-order valence-corrected chi connectivity index (χ2v) is 28.4. The van der Waals surface area contributed by atoms with Crippen LogP contribution in [0.5, 0.6) is 5.75 Å². The summed E-state index contributed by atoms with van der Waals surface area (Å²) in [6.45, 7) is 18.1. The van der Waals surface area contributed by atoms with Gasteiger partial charge in [0.15, 0.2) is 5.96 Å². The molecule has 0 aromatic heterocycles. The molecule has 510 valence electrons. The molecule has 23 nitrogen and oxygen atoms in total. The number of allylic oxidation sites excluding steroid dienone is 1. The Balaban J connectivity index is 1.10. The van der Waals surface area contributed by atoms with Crippen molar-refractivity contribution in [1.29, 1.82) is 0 Å². The Morgan fingerprint density at radius 2 is 1.31 bits per heavy atom. The Hall–Kier alpha value is -6.49. The summed E-state index contributed by atoms with van der Waals surface area (Å²) in [4.78, 5) is 117. The number of benzene rings is 1. The Kier molecular flexibility index (Phi) is 27.8. The normalized spacial score (nSPS) is 25.8. The number of nitrogens with two attached hydrogens (primary N) is 5. The lowest BCUT2D eigenvalue weighted by molar-refractivity contribution is -0.141. The van der Waals surface area contributed by atoms with Crippen LogP contribution in [-0.4, -0.2) is 138 Å². The molecule has 5 aliphatic rings. The summed E-state index contributed by atoms with van der Waals surface area (Å²) in [7, 11) is 0. The standard InChI is InChI=1S/C68H113N13O10/c1-9-14-52(59(84)78-55(37-43-21-24-45(82)25-22-43)61(86)79-56(39-70)62(87)75-51(58(71)83)29-20-41(4)5)76-60(85)53(18-12-35-74-65(72)73)77-63(88)57-19-13-36-81(57)64(89)54(17-11-34-69)80-66(90)91-46-30-32-67(7)44(38-46)23-26-47-49-28-27-48(42(6)16-10-15-40(2)3)68(49,8)33-31-50(47)67/h21-25,40-42,46-57,82H,9-20,26-39,69-70H2,1-8H3,(H2,71,83)(H,75,87)(H,76,85)(H,77,88)(H,78,84)(H,79,86)(H,80,90)(H4,72,73,74)/t42-,46?,47+,48-,49+,50+,51+,52+,53+,54+,55+,56?,57+,67+,68-/m1/s1. The average Bonchev–Trinajstić information content (AvgIpc) is 1.70. The van der Waals surface area contributed by atoms with E-state index in [0.717, 1.165) is 42.9 Å². The van der Waals surface area contributed by atoms with Crippen molar-refractivity contribution in [3.05, 3.63) is 41.5 Å². The van der Waals surface area contributed by atoms with Gasteiger partial charge in [-0.2, -0.15) is 0 Å². The summed E-state index contributed by atoms with van der Waals surface area (Å²) in [6, 6.07) is -2.34. The van der Waals surface area contributed by atoms with Crippen LogP contribution < -0.4 is 60.6 Å². The number of carbonyl (C=O) groups excluding carboxylic acids is 8. The molecule has 23 heteroatoms. The number of ether oxygens (including phenoxy) is 1. The van der Waals surface area contributed by atoms with E-state index in [4.69, 9.17) is 33.4 Å². The Morgan fingerprint density at radius 1 is 0.670 bits per heavy atom. The summed E-state index contributed by atoms with van der Waals surface area (Å²) in [5.41, 5.74) is 31.1. The predicted octanol–water partition coefficient (Wildman–Crippen LogP) is 5.33. The van der Waals surface area contributed by atoms with Crippen molar-refractivity contribution in [3.63, 3.8) is 0 Å². The van der Waals surface area contributed by atoms with Crippen LogP contribution in [0.4, 0.5) is 4.79 Å². The van der Waals surface area contributed by atoms with Crippen LogP contribution in [0.3, 0.4) is 0 Å². The highest BCUT2D eigenvalue weighted by molar-refractivity contribution is 5.97. The van der Waals surface area contributed by atoms with E-state index >= 15 is 0 Å². The van der Waals surface area contributed by atoms with Crippen molar-refractivity contribution in [2.75, 3.05) is 26.2 Å². The van der Waals surface area contributed by atoms with E-state index in [1.165, 1.54) is 67.6 Å². The van der Waals surface area contributed by atoms with Gasteiger partial charge < -0.3 is 75.3 Å². The number of nitrogens with one attached hydrogen (secondary N) is 6. The molecule has 1 heterocycles. The van der Waals surface area contributed by atoms with Gasteiger partial charge >= 0.3 is 6.09 Å². The van der Waals surface area contributed by atoms with E-state index in [2.05, 4.69) is 77.6 Å². The molecule has 1 aromatic carbocycles. The zero-order chi connectivity index (χ0) is 66.7. The Labute approximate surface area is 540 Å². The number of hydrogen-bond acceptors (Lipinski definition) is 13. The van der Waals surface area contributed by atoms with Crippen molar-refractivity contribution in [2.24, 2.45) is 85.9 Å². The molecule has 1 saturated heterocycles. The fourth-order valence-electron chi connectivity index (χ4n) is 15.9. The predicted molar refractivity (Wildman–Crippen MR) is 352 cm³/mol. The van der Waals surface area contributed by atoms with E-state index in [1.54, 1.807) is 19.1 Å². The maximum atomic E-state index is 14.6. The highest BCUT2D eigenvalue weighted by Crippen LogP contribution is 2.67. The molecule has 91 heavy (non-hydrogen) atoms. The number of fused-ring (bicyclic) bond motifs is 5. The van der Waals surface area contributed by atoms with Gasteiger partial charge in [0.1, 0.15) is 54.1 Å². The zero-order valence-corrected chi connectivity index (χ0v) is 55.8. The van der Waals surface area contributed by atoms with Gasteiger partial charge in [-0.05, 0) is 179 Å². The lowest BCUT2D eigenvalue weighted by atomic mass is 9.47. The first-order chi connectivity index (χ1) is 43.2. The van der Waals surface area contributed by atoms with Gasteiger partial charge in [-0.15, -0.1) is 0 Å². The fraction of sp³-hybridized carbons (Fsp3) is 0.750. The molecular formula is C68H113N13O10. The van der Waals surface area contributed by atoms with Gasteiger partial charge in [0, 0.05) is 32.5 Å². The van der Waals surface area contributed by atoms with Crippen molar-refractivity contribution in [1.82, 2.24) is 36.8 Å². The first-order valence-electron chi connectivity index (χ1n) is 34.2. The van der Waals surface area contributed by atoms with Crippen molar-refractivity contribution in [3.8, 4) is 5.75 Å². The monoisotopic (exact) mass is 1270 g/mol. The lowest BCUT2D eigenvalue weighted by Gasteiger charge is -2.58. The minimum atomic E-state index is -1.35. The molecule has 2 unspecified atom stereocenters. The number of alkyl carbamates (subject to hydrolysis) is 1. The van der Waals surface area contributed by atoms with Crippen LogP contribution in [0, 0.1) is 52.3 Å². The zero-order valence-electron chi connectivity index (χ0n) is 55.8. The lowest BCUT2D eigenvalue weighted by Crippen LogP contribution is -2.61. The largest absolute Gasteiger partial charge is 0.508 e. The van der Waals surface area contributed by atoms with Crippen LogP contribution in [0.25, 0.3) is 0 Å². The number of phenols is 1. The van der Waals surface area contributed by atoms with Gasteiger partial charge in [0.2, 0.25) is 41.4 Å². The van der Waals surface area contributed by atoms with Crippen LogP contribution in [0.15, 0.2) is 40.9 Å². The molecule has 3 saturated carbocycles. The van der Waals surface area contributed by atoms with Gasteiger partial charge in [-0.25, -0.2) is 4.79 Å². The molecule has 4 aliphatic carbocycles. The molecule has 17 N–H and O–H groups in total. The first-order valence-corrected chi connectivity index (χ1v) is 34.2. The smallest absolute Gasteiger partial charge is 0.408 e. The molecule has 6 rings (SSSR count). The number of rotatable bonds is 34. The van der Waals surface area contributed by atoms with Crippen molar-refractivity contribution < 1.29 is 48.2 Å². The van der Waals surface area contributed by atoms with Crippen molar-refractivity contribution in [2.45, 2.75) is 245 Å². The SMILES string of the molecule is CCC[C@H](NC(=O)[C@H](CCCN=C(N)N)NC(=O)[C@@H]1CCCN1C(=O)[C@H](CCCN)NC(=O)OC1CC[C@@]2(C)C(=CC[C@H]3[C@@H]4CC[C@H]([C@H](C)CCCC(C)C)[C@@]4(C)CC[C@@H]32)C1)C(=O)N[C@@H](Cc1ccc(O)cc1)C(=O)NC(CN)C(=O)N[C@@H](CCC(C)C)C(N)=O. The third-order valence-corrected chi connectivity index (χ3v) is 21.0. The van der Waals surface area contributed by atoms with Gasteiger partial charge in [0.05, 0.1) is 0 Å². The minimum Gasteiger partial charge on any atom is -0.508 e. The third-order valence-electron chi connectivity index (χ3n) is 21.0. The maximum absolute atomic E-state index is 14.6. The Morgan fingerprint density at radius 3 is 1.96 bits per heavy atom. The number of aromatic hydroxyl groups is 1. The number of hydrogen-bond donors (Lipinski definition) is 12. The number of primary amides is 1. The van der Waals surface area contributed by atoms with E-state index < -0.39 is 89.7 Å². The molecule has 15 atom stereocenters. The van der Waals surface area contributed by atoms with Crippen molar-refractivity contribution >= 4 is 53.4 Å². The molecule has 1 aliphatic heterocycles. The van der Waals surface area contributed by atoms with E-state index in [-0.39, 0.29) is 100 Å². The summed E-state index contributed by atoms with van der Waals surface area (Å²) in [5, 5.41) is 26.4. The summed E-state index contributed by atoms with van der Waals surface area (Å²) in [5.74, 6) is -0.624. The summed E-state index contributed by atoms with van der Waals surface area (Å²) in [6.07, 6.45) is 16.7. The van der Waals surface area contributed by atoms with Crippen LogP contribution in [0.1, 0.15) is 196 Å². The second kappa shape index (κ2) is 34.4. The molecule has 4 fully saturated rings. The highest BCUT2D eigenvalue weighted by atomic mass is 16.6. The number of aliphatic imine (C=N–C) groups is 1. The number of guanidine groups is 1. The number of amides is 8. The molecule has 8 amide bonds. The Bertz CT molecular complexity index is 2690. The third kappa shape index (κ3) is 20.0. The van der Waals surface area contributed by atoms with E-state index in [1.807, 2.05) is 13.8 Å².